The number of amides is 1. The van der Waals surface area contributed by atoms with Gasteiger partial charge in [0.25, 0.3) is 5.91 Å². The zero-order valence-corrected chi connectivity index (χ0v) is 11.9. The van der Waals surface area contributed by atoms with Crippen molar-refractivity contribution in [2.24, 2.45) is 0 Å². The fraction of sp³-hybridized carbons (Fsp3) is 0.267. The Morgan fingerprint density at radius 2 is 2.29 bits per heavy atom. The molecule has 1 heterocycles. The molecule has 1 N–H and O–H groups in total. The first-order valence-electron chi connectivity index (χ1n) is 6.50. The van der Waals surface area contributed by atoms with Gasteiger partial charge in [0.1, 0.15) is 11.8 Å². The van der Waals surface area contributed by atoms with Gasteiger partial charge in [-0.15, -0.1) is 0 Å². The third-order valence-corrected chi connectivity index (χ3v) is 3.01. The maximum absolute atomic E-state index is 12.3. The van der Waals surface area contributed by atoms with Gasteiger partial charge in [0.05, 0.1) is 11.8 Å². The second-order valence-corrected chi connectivity index (χ2v) is 4.67. The van der Waals surface area contributed by atoms with Gasteiger partial charge in [-0.25, -0.2) is 0 Å². The topological polar surface area (TPSA) is 82.0 Å². The molecule has 0 spiro atoms. The average Bonchev–Trinajstić information content (AvgIpc) is 2.99. The van der Waals surface area contributed by atoms with Gasteiger partial charge in [-0.05, 0) is 19.1 Å². The molecule has 6 nitrogen and oxygen atoms in total. The largest absolute Gasteiger partial charge is 0.480 e. The first-order valence-corrected chi connectivity index (χ1v) is 6.50. The minimum absolute atomic E-state index is 0.163. The van der Waals surface area contributed by atoms with Crippen LogP contribution in [0.5, 0.6) is 5.75 Å². The van der Waals surface area contributed by atoms with Gasteiger partial charge in [-0.2, -0.15) is 10.4 Å². The fourth-order valence-electron chi connectivity index (χ4n) is 1.93. The van der Waals surface area contributed by atoms with Crippen molar-refractivity contribution in [1.82, 2.24) is 15.1 Å². The maximum atomic E-state index is 12.3. The van der Waals surface area contributed by atoms with Crippen LogP contribution in [0.4, 0.5) is 0 Å². The lowest BCUT2D eigenvalue weighted by Gasteiger charge is -2.22. The molecule has 1 aromatic carbocycles. The van der Waals surface area contributed by atoms with Crippen molar-refractivity contribution >= 4 is 5.91 Å². The minimum Gasteiger partial charge on any atom is -0.480 e. The lowest BCUT2D eigenvalue weighted by atomic mass is 10.2. The number of aromatic amines is 1. The van der Waals surface area contributed by atoms with Crippen molar-refractivity contribution in [3.8, 4) is 11.8 Å². The smallest absolute Gasteiger partial charge is 0.263 e. The number of carbonyl (C=O) groups excluding carboxylic acids is 1. The maximum Gasteiger partial charge on any atom is 0.263 e. The van der Waals surface area contributed by atoms with Crippen molar-refractivity contribution in [2.45, 2.75) is 19.6 Å². The SMILES string of the molecule is CC(Oc1ccccc1C#N)C(=O)N(C)Cc1cn[nH]c1. The van der Waals surface area contributed by atoms with Crippen molar-refractivity contribution in [2.75, 3.05) is 7.05 Å². The van der Waals surface area contributed by atoms with Gasteiger partial charge < -0.3 is 9.64 Å². The third kappa shape index (κ3) is 3.60. The molecule has 2 aromatic rings. The first kappa shape index (κ1) is 14.6. The summed E-state index contributed by atoms with van der Waals surface area (Å²) in [5.41, 5.74) is 1.32. The molecular weight excluding hydrogens is 268 g/mol. The molecule has 0 fully saturated rings. The van der Waals surface area contributed by atoms with Gasteiger partial charge in [0.2, 0.25) is 0 Å². The predicted octanol–water partition coefficient (Wildman–Crippen LogP) is 1.71. The fourth-order valence-corrected chi connectivity index (χ4v) is 1.93. The summed E-state index contributed by atoms with van der Waals surface area (Å²) < 4.78 is 5.60. The first-order chi connectivity index (χ1) is 10.1. The number of hydrogen-bond donors (Lipinski definition) is 1. The molecule has 108 valence electrons. The van der Waals surface area contributed by atoms with Crippen LogP contribution in [0, 0.1) is 11.3 Å². The summed E-state index contributed by atoms with van der Waals surface area (Å²) in [5.74, 6) is 0.251. The van der Waals surface area contributed by atoms with E-state index in [2.05, 4.69) is 10.2 Å². The van der Waals surface area contributed by atoms with E-state index in [0.29, 0.717) is 17.9 Å². The zero-order chi connectivity index (χ0) is 15.2. The molecule has 0 aliphatic rings. The van der Waals surface area contributed by atoms with Crippen LogP contribution in [-0.4, -0.2) is 34.2 Å². The number of rotatable bonds is 5. The van der Waals surface area contributed by atoms with Gasteiger partial charge in [-0.3, -0.25) is 9.89 Å². The minimum atomic E-state index is -0.670. The monoisotopic (exact) mass is 284 g/mol. The Hall–Kier alpha value is -2.81. The second-order valence-electron chi connectivity index (χ2n) is 4.67. The highest BCUT2D eigenvalue weighted by Gasteiger charge is 2.20. The van der Waals surface area contributed by atoms with Crippen molar-refractivity contribution < 1.29 is 9.53 Å². The zero-order valence-electron chi connectivity index (χ0n) is 11.9. The van der Waals surface area contributed by atoms with Gasteiger partial charge in [-0.1, -0.05) is 12.1 Å². The Bertz CT molecular complexity index is 646. The molecule has 0 radical (unpaired) electrons. The molecule has 0 aliphatic carbocycles. The summed E-state index contributed by atoms with van der Waals surface area (Å²) in [6, 6.07) is 8.90. The Morgan fingerprint density at radius 1 is 1.52 bits per heavy atom. The van der Waals surface area contributed by atoms with Crippen molar-refractivity contribution in [1.29, 1.82) is 5.26 Å². The quantitative estimate of drug-likeness (QED) is 0.906. The standard InChI is InChI=1S/C15H16N4O2/c1-11(21-14-6-4-3-5-13(14)7-16)15(20)19(2)10-12-8-17-18-9-12/h3-6,8-9,11H,10H2,1-2H3,(H,17,18). The molecular formula is C15H16N4O2. The molecule has 1 unspecified atom stereocenters. The van der Waals surface area contributed by atoms with Crippen LogP contribution < -0.4 is 4.74 Å². The van der Waals surface area contributed by atoms with E-state index in [0.717, 1.165) is 5.56 Å². The Kier molecular flexibility index (Phi) is 4.57. The summed E-state index contributed by atoms with van der Waals surface area (Å²) in [6.07, 6.45) is 2.73. The van der Waals surface area contributed by atoms with Crippen LogP contribution in [0.2, 0.25) is 0 Å². The summed E-state index contributed by atoms with van der Waals surface area (Å²) in [7, 11) is 1.70. The molecule has 0 bridgehead atoms. The van der Waals surface area contributed by atoms with Gasteiger partial charge in [0, 0.05) is 25.4 Å². The molecule has 1 amide bonds. The number of nitriles is 1. The highest BCUT2D eigenvalue weighted by molar-refractivity contribution is 5.80. The van der Waals surface area contributed by atoms with E-state index < -0.39 is 6.10 Å². The van der Waals surface area contributed by atoms with E-state index in [4.69, 9.17) is 10.00 Å². The highest BCUT2D eigenvalue weighted by atomic mass is 16.5. The predicted molar refractivity (Wildman–Crippen MR) is 76.3 cm³/mol. The number of carbonyl (C=O) groups is 1. The number of benzene rings is 1. The van der Waals surface area contributed by atoms with Crippen molar-refractivity contribution in [3.63, 3.8) is 0 Å². The molecule has 0 saturated heterocycles. The molecule has 0 saturated carbocycles. The summed E-state index contributed by atoms with van der Waals surface area (Å²) >= 11 is 0. The van der Waals surface area contributed by atoms with E-state index in [1.807, 2.05) is 6.07 Å². The third-order valence-electron chi connectivity index (χ3n) is 3.01. The Morgan fingerprint density at radius 3 is 2.95 bits per heavy atom. The van der Waals surface area contributed by atoms with E-state index in [-0.39, 0.29) is 5.91 Å². The average molecular weight is 284 g/mol. The number of nitrogens with one attached hydrogen (secondary N) is 1. The number of likely N-dealkylation sites (N-methyl/N-ethyl adjacent to an activating group) is 1. The number of aromatic nitrogens is 2. The van der Waals surface area contributed by atoms with Gasteiger partial charge in [0.15, 0.2) is 6.10 Å². The van der Waals surface area contributed by atoms with E-state index in [9.17, 15) is 4.79 Å². The lowest BCUT2D eigenvalue weighted by Crippen LogP contribution is -2.37. The molecule has 1 atom stereocenters. The highest BCUT2D eigenvalue weighted by Crippen LogP contribution is 2.18. The number of nitrogens with zero attached hydrogens (tertiary/aromatic N) is 3. The normalized spacial score (nSPS) is 11.5. The second kappa shape index (κ2) is 6.57. The molecule has 21 heavy (non-hydrogen) atoms. The van der Waals surface area contributed by atoms with E-state index >= 15 is 0 Å². The summed E-state index contributed by atoms with van der Waals surface area (Å²) in [4.78, 5) is 13.8. The van der Waals surface area contributed by atoms with Crippen LogP contribution >= 0.6 is 0 Å². The van der Waals surface area contributed by atoms with E-state index in [1.165, 1.54) is 0 Å². The van der Waals surface area contributed by atoms with Crippen LogP contribution in [-0.2, 0) is 11.3 Å². The molecule has 6 heteroatoms. The number of para-hydroxylation sites is 1. The van der Waals surface area contributed by atoms with Crippen LogP contribution in [0.1, 0.15) is 18.1 Å². The molecule has 2 rings (SSSR count). The lowest BCUT2D eigenvalue weighted by molar-refractivity contribution is -0.137. The van der Waals surface area contributed by atoms with Crippen LogP contribution in [0.25, 0.3) is 0 Å². The number of H-pyrrole nitrogens is 1. The Labute approximate surface area is 123 Å². The molecule has 0 aliphatic heterocycles. The summed E-state index contributed by atoms with van der Waals surface area (Å²) in [6.45, 7) is 2.12. The number of ether oxygens (including phenoxy) is 1. The van der Waals surface area contributed by atoms with Crippen LogP contribution in [0.15, 0.2) is 36.7 Å². The summed E-state index contributed by atoms with van der Waals surface area (Å²) in [5, 5.41) is 15.6. The Balaban J connectivity index is 2.01. The van der Waals surface area contributed by atoms with Crippen molar-refractivity contribution in [3.05, 3.63) is 47.8 Å². The molecule has 1 aromatic heterocycles. The van der Waals surface area contributed by atoms with Crippen LogP contribution in [0.3, 0.4) is 0 Å². The number of hydrogen-bond acceptors (Lipinski definition) is 4. The van der Waals surface area contributed by atoms with E-state index in [1.54, 1.807) is 55.5 Å². The van der Waals surface area contributed by atoms with Gasteiger partial charge >= 0.3 is 0 Å².